The van der Waals surface area contributed by atoms with Gasteiger partial charge in [0.2, 0.25) is 0 Å². The minimum atomic E-state index is -0.0110. The van der Waals surface area contributed by atoms with Crippen LogP contribution in [-0.4, -0.2) is 48.7 Å². The highest BCUT2D eigenvalue weighted by molar-refractivity contribution is 8.02. The van der Waals surface area contributed by atoms with Crippen LogP contribution in [0.4, 0.5) is 0 Å². The van der Waals surface area contributed by atoms with E-state index in [2.05, 4.69) is 28.2 Å². The van der Waals surface area contributed by atoms with Gasteiger partial charge in [-0.05, 0) is 25.5 Å². The Hall–Kier alpha value is -0.660. The van der Waals surface area contributed by atoms with Gasteiger partial charge in [-0.15, -0.1) is 0 Å². The SMILES string of the molecule is CCCn1ncnc1CN1CCC(SC)(C(N)=S)CC1. The molecule has 1 aromatic rings. The lowest BCUT2D eigenvalue weighted by molar-refractivity contribution is 0.204. The van der Waals surface area contributed by atoms with Crippen molar-refractivity contribution in [1.82, 2.24) is 19.7 Å². The molecule has 0 aliphatic carbocycles. The first-order valence-corrected chi connectivity index (χ1v) is 8.68. The number of thioether (sulfide) groups is 1. The summed E-state index contributed by atoms with van der Waals surface area (Å²) in [6, 6.07) is 0. The molecule has 2 rings (SSSR count). The molecule has 2 N–H and O–H groups in total. The van der Waals surface area contributed by atoms with Crippen molar-refractivity contribution in [3.63, 3.8) is 0 Å². The molecule has 1 aromatic heterocycles. The molecule has 7 heteroatoms. The maximum absolute atomic E-state index is 5.92. The fraction of sp³-hybridized carbons (Fsp3) is 0.769. The Morgan fingerprint density at radius 2 is 2.20 bits per heavy atom. The van der Waals surface area contributed by atoms with E-state index >= 15 is 0 Å². The summed E-state index contributed by atoms with van der Waals surface area (Å²) in [4.78, 5) is 7.45. The molecule has 0 amide bonds. The van der Waals surface area contributed by atoms with Crippen molar-refractivity contribution < 1.29 is 0 Å². The number of hydrogen-bond acceptors (Lipinski definition) is 5. The molecule has 20 heavy (non-hydrogen) atoms. The molecular weight excluding hydrogens is 290 g/mol. The van der Waals surface area contributed by atoms with E-state index in [9.17, 15) is 0 Å². The average Bonchev–Trinajstić information content (AvgIpc) is 2.87. The van der Waals surface area contributed by atoms with Gasteiger partial charge in [0.15, 0.2) is 0 Å². The molecular formula is C13H23N5S2. The molecule has 0 saturated carbocycles. The first-order valence-electron chi connectivity index (χ1n) is 7.05. The van der Waals surface area contributed by atoms with E-state index in [1.165, 1.54) is 0 Å². The molecule has 0 spiro atoms. The molecule has 112 valence electrons. The van der Waals surface area contributed by atoms with E-state index in [0.29, 0.717) is 4.99 Å². The van der Waals surface area contributed by atoms with Crippen LogP contribution in [0.2, 0.25) is 0 Å². The third-order valence-electron chi connectivity index (χ3n) is 4.00. The molecule has 0 atom stereocenters. The predicted octanol–water partition coefficient (Wildman–Crippen LogP) is 1.67. The number of aryl methyl sites for hydroxylation is 1. The highest BCUT2D eigenvalue weighted by Crippen LogP contribution is 2.35. The highest BCUT2D eigenvalue weighted by atomic mass is 32.2. The zero-order valence-electron chi connectivity index (χ0n) is 12.2. The summed E-state index contributed by atoms with van der Waals surface area (Å²) >= 11 is 7.05. The molecule has 1 aliphatic rings. The monoisotopic (exact) mass is 313 g/mol. The van der Waals surface area contributed by atoms with Crippen LogP contribution in [0.15, 0.2) is 6.33 Å². The Kier molecular flexibility index (Phi) is 5.40. The first kappa shape index (κ1) is 15.7. The highest BCUT2D eigenvalue weighted by Gasteiger charge is 2.36. The Morgan fingerprint density at radius 1 is 1.50 bits per heavy atom. The van der Waals surface area contributed by atoms with Crippen molar-refractivity contribution in [1.29, 1.82) is 0 Å². The van der Waals surface area contributed by atoms with Gasteiger partial charge in [0.25, 0.3) is 0 Å². The average molecular weight is 313 g/mol. The number of nitrogens with two attached hydrogens (primary N) is 1. The van der Waals surface area contributed by atoms with E-state index in [-0.39, 0.29) is 4.75 Å². The molecule has 2 heterocycles. The van der Waals surface area contributed by atoms with E-state index in [1.807, 2.05) is 4.68 Å². The molecule has 0 aromatic carbocycles. The Labute approximate surface area is 130 Å². The summed E-state index contributed by atoms with van der Waals surface area (Å²) in [5, 5.41) is 4.28. The molecule has 1 aliphatic heterocycles. The van der Waals surface area contributed by atoms with Crippen molar-refractivity contribution in [2.75, 3.05) is 19.3 Å². The van der Waals surface area contributed by atoms with E-state index in [0.717, 1.165) is 51.3 Å². The van der Waals surface area contributed by atoms with Crippen molar-refractivity contribution >= 4 is 29.0 Å². The van der Waals surface area contributed by atoms with Crippen molar-refractivity contribution in [2.24, 2.45) is 5.73 Å². The van der Waals surface area contributed by atoms with Gasteiger partial charge in [0.1, 0.15) is 12.2 Å². The fourth-order valence-electron chi connectivity index (χ4n) is 2.63. The summed E-state index contributed by atoms with van der Waals surface area (Å²) in [6.45, 7) is 5.97. The van der Waals surface area contributed by atoms with Gasteiger partial charge in [-0.2, -0.15) is 16.9 Å². The van der Waals surface area contributed by atoms with Crippen LogP contribution < -0.4 is 5.73 Å². The van der Waals surface area contributed by atoms with E-state index < -0.39 is 0 Å². The lowest BCUT2D eigenvalue weighted by Gasteiger charge is -2.39. The Balaban J connectivity index is 1.94. The number of aromatic nitrogens is 3. The van der Waals surface area contributed by atoms with Gasteiger partial charge in [0.05, 0.1) is 16.3 Å². The standard InChI is InChI=1S/C13H23N5S2/c1-3-6-18-11(15-10-16-18)9-17-7-4-13(20-2,5-8-17)12(14)19/h10H,3-9H2,1-2H3,(H2,14,19). The normalized spacial score (nSPS) is 19.1. The summed E-state index contributed by atoms with van der Waals surface area (Å²) in [5.74, 6) is 1.05. The summed E-state index contributed by atoms with van der Waals surface area (Å²) in [5.41, 5.74) is 5.92. The molecule has 5 nitrogen and oxygen atoms in total. The molecule has 0 bridgehead atoms. The minimum Gasteiger partial charge on any atom is -0.392 e. The van der Waals surface area contributed by atoms with Crippen LogP contribution in [0.1, 0.15) is 32.0 Å². The van der Waals surface area contributed by atoms with Gasteiger partial charge < -0.3 is 5.73 Å². The molecule has 1 saturated heterocycles. The zero-order valence-corrected chi connectivity index (χ0v) is 13.8. The second kappa shape index (κ2) is 6.87. The number of thiocarbonyl (C=S) groups is 1. The van der Waals surface area contributed by atoms with Gasteiger partial charge in [-0.3, -0.25) is 4.90 Å². The van der Waals surface area contributed by atoms with Crippen molar-refractivity contribution in [2.45, 2.75) is 44.0 Å². The van der Waals surface area contributed by atoms with Crippen molar-refractivity contribution in [3.8, 4) is 0 Å². The zero-order chi connectivity index (χ0) is 14.6. The van der Waals surface area contributed by atoms with E-state index in [4.69, 9.17) is 18.0 Å². The fourth-order valence-corrected chi connectivity index (χ4v) is 3.88. The number of piperidine rings is 1. The Bertz CT molecular complexity index is 451. The molecule has 1 fully saturated rings. The Morgan fingerprint density at radius 3 is 2.75 bits per heavy atom. The molecule has 0 radical (unpaired) electrons. The number of nitrogens with zero attached hydrogens (tertiary/aromatic N) is 4. The summed E-state index contributed by atoms with van der Waals surface area (Å²) in [6.07, 6.45) is 6.87. The predicted molar refractivity (Wildman–Crippen MR) is 87.9 cm³/mol. The lowest BCUT2D eigenvalue weighted by atomic mass is 9.95. The summed E-state index contributed by atoms with van der Waals surface area (Å²) < 4.78 is 1.99. The van der Waals surface area contributed by atoms with Gasteiger partial charge in [-0.1, -0.05) is 19.1 Å². The topological polar surface area (TPSA) is 60.0 Å². The van der Waals surface area contributed by atoms with Crippen molar-refractivity contribution in [3.05, 3.63) is 12.2 Å². The van der Waals surface area contributed by atoms with Crippen LogP contribution in [0.25, 0.3) is 0 Å². The number of rotatable bonds is 6. The third kappa shape index (κ3) is 3.32. The number of likely N-dealkylation sites (tertiary alicyclic amines) is 1. The van der Waals surface area contributed by atoms with E-state index in [1.54, 1.807) is 18.1 Å². The van der Waals surface area contributed by atoms with Crippen LogP contribution in [0, 0.1) is 0 Å². The molecule has 0 unspecified atom stereocenters. The first-order chi connectivity index (χ1) is 9.61. The third-order valence-corrected chi connectivity index (χ3v) is 5.93. The number of hydrogen-bond donors (Lipinski definition) is 1. The maximum Gasteiger partial charge on any atom is 0.141 e. The smallest absolute Gasteiger partial charge is 0.141 e. The largest absolute Gasteiger partial charge is 0.392 e. The minimum absolute atomic E-state index is 0.0110. The van der Waals surface area contributed by atoms with Gasteiger partial charge >= 0.3 is 0 Å². The van der Waals surface area contributed by atoms with Crippen LogP contribution in [-0.2, 0) is 13.1 Å². The van der Waals surface area contributed by atoms with Gasteiger partial charge in [-0.25, -0.2) is 9.67 Å². The second-order valence-corrected chi connectivity index (χ2v) is 6.87. The van der Waals surface area contributed by atoms with Crippen LogP contribution in [0.5, 0.6) is 0 Å². The van der Waals surface area contributed by atoms with Gasteiger partial charge in [0, 0.05) is 19.6 Å². The lowest BCUT2D eigenvalue weighted by Crippen LogP contribution is -2.49. The van der Waals surface area contributed by atoms with Crippen LogP contribution in [0.3, 0.4) is 0 Å². The second-order valence-electron chi connectivity index (χ2n) is 5.24. The van der Waals surface area contributed by atoms with Crippen LogP contribution >= 0.6 is 24.0 Å². The quantitative estimate of drug-likeness (QED) is 0.806. The summed E-state index contributed by atoms with van der Waals surface area (Å²) in [7, 11) is 0. The maximum atomic E-state index is 5.92.